The van der Waals surface area contributed by atoms with Crippen molar-refractivity contribution in [1.82, 2.24) is 0 Å². The van der Waals surface area contributed by atoms with Crippen LogP contribution in [0.4, 0.5) is 14.5 Å². The molecule has 0 saturated heterocycles. The van der Waals surface area contributed by atoms with Crippen molar-refractivity contribution in [3.8, 4) is 0 Å². The maximum absolute atomic E-state index is 13.7. The molecule has 0 radical (unpaired) electrons. The smallest absolute Gasteiger partial charge is 0.146 e. The molecule has 106 valence electrons. The molecule has 0 aliphatic carbocycles. The van der Waals surface area contributed by atoms with Gasteiger partial charge in [0.1, 0.15) is 11.6 Å². The van der Waals surface area contributed by atoms with Gasteiger partial charge in [0.05, 0.1) is 22.3 Å². The summed E-state index contributed by atoms with van der Waals surface area (Å²) in [5, 5.41) is 12.6. The number of benzene rings is 2. The highest BCUT2D eigenvalue weighted by molar-refractivity contribution is 9.10. The van der Waals surface area contributed by atoms with Gasteiger partial charge in [0, 0.05) is 0 Å². The minimum atomic E-state index is -0.918. The molecule has 20 heavy (non-hydrogen) atoms. The molecule has 0 aliphatic rings. The van der Waals surface area contributed by atoms with Gasteiger partial charge in [-0.2, -0.15) is 0 Å². The molecule has 2 aromatic rings. The molecule has 1 unspecified atom stereocenters. The van der Waals surface area contributed by atoms with Crippen molar-refractivity contribution in [2.24, 2.45) is 0 Å². The number of anilines is 1. The summed E-state index contributed by atoms with van der Waals surface area (Å²) in [6.07, 6.45) is 0. The van der Waals surface area contributed by atoms with E-state index in [1.54, 1.807) is 37.3 Å². The topological polar surface area (TPSA) is 32.3 Å². The van der Waals surface area contributed by atoms with E-state index in [0.717, 1.165) is 0 Å². The van der Waals surface area contributed by atoms with Crippen molar-refractivity contribution < 1.29 is 13.9 Å². The molecule has 2 N–H and O–H groups in total. The highest BCUT2D eigenvalue weighted by Crippen LogP contribution is 2.29. The standard InChI is InChI=1S/C15H14BrF2NO/c1-15(9-20,10-6-7-12(17)11(16)8-10)19-14-5-3-2-4-13(14)18/h2-8,19-20H,9H2,1H3. The van der Waals surface area contributed by atoms with Crippen LogP contribution in [0.25, 0.3) is 0 Å². The molecule has 5 heteroatoms. The molecule has 0 saturated carbocycles. The number of rotatable bonds is 4. The summed E-state index contributed by atoms with van der Waals surface area (Å²) >= 11 is 3.11. The normalized spacial score (nSPS) is 13.8. The van der Waals surface area contributed by atoms with Gasteiger partial charge in [-0.1, -0.05) is 18.2 Å². The number of para-hydroxylation sites is 1. The second-order valence-corrected chi connectivity index (χ2v) is 5.58. The van der Waals surface area contributed by atoms with E-state index in [9.17, 15) is 13.9 Å². The molecule has 0 heterocycles. The maximum Gasteiger partial charge on any atom is 0.146 e. The first-order chi connectivity index (χ1) is 9.46. The van der Waals surface area contributed by atoms with Crippen LogP contribution in [0.1, 0.15) is 12.5 Å². The highest BCUT2D eigenvalue weighted by Gasteiger charge is 2.27. The van der Waals surface area contributed by atoms with E-state index in [2.05, 4.69) is 21.2 Å². The molecule has 0 aromatic heterocycles. The molecule has 0 aliphatic heterocycles. The molecule has 2 rings (SSSR count). The second kappa shape index (κ2) is 5.89. The predicted octanol–water partition coefficient (Wildman–Crippen LogP) is 4.05. The Morgan fingerprint density at radius 2 is 1.85 bits per heavy atom. The Bertz CT molecular complexity index is 621. The predicted molar refractivity (Wildman–Crippen MR) is 78.6 cm³/mol. The third-order valence-electron chi connectivity index (χ3n) is 3.16. The molecule has 0 fully saturated rings. The second-order valence-electron chi connectivity index (χ2n) is 4.72. The highest BCUT2D eigenvalue weighted by atomic mass is 79.9. The molecule has 0 bridgehead atoms. The van der Waals surface area contributed by atoms with E-state index in [0.29, 0.717) is 10.0 Å². The molecule has 1 atom stereocenters. The first-order valence-corrected chi connectivity index (χ1v) is 6.85. The van der Waals surface area contributed by atoms with Crippen molar-refractivity contribution in [3.63, 3.8) is 0 Å². The molecule has 0 amide bonds. The van der Waals surface area contributed by atoms with Crippen molar-refractivity contribution >= 4 is 21.6 Å². The average Bonchev–Trinajstić information content (AvgIpc) is 2.44. The van der Waals surface area contributed by atoms with Gasteiger partial charge in [-0.05, 0) is 52.7 Å². The Labute approximate surface area is 124 Å². The first kappa shape index (κ1) is 14.9. The fraction of sp³-hybridized carbons (Fsp3) is 0.200. The zero-order chi connectivity index (χ0) is 14.8. The summed E-state index contributed by atoms with van der Waals surface area (Å²) < 4.78 is 27.3. The molecular weight excluding hydrogens is 328 g/mol. The molecule has 2 aromatic carbocycles. The van der Waals surface area contributed by atoms with Crippen LogP contribution in [0.5, 0.6) is 0 Å². The Kier molecular flexibility index (Phi) is 4.40. The van der Waals surface area contributed by atoms with Gasteiger partial charge in [0.25, 0.3) is 0 Å². The Balaban J connectivity index is 2.38. The number of aliphatic hydroxyl groups is 1. The number of hydrogen-bond donors (Lipinski definition) is 2. The fourth-order valence-corrected chi connectivity index (χ4v) is 2.28. The van der Waals surface area contributed by atoms with E-state index >= 15 is 0 Å². The van der Waals surface area contributed by atoms with Crippen molar-refractivity contribution in [3.05, 3.63) is 64.1 Å². The first-order valence-electron chi connectivity index (χ1n) is 6.05. The van der Waals surface area contributed by atoms with Gasteiger partial charge in [0.15, 0.2) is 0 Å². The zero-order valence-electron chi connectivity index (χ0n) is 10.8. The van der Waals surface area contributed by atoms with Crippen LogP contribution in [0.2, 0.25) is 0 Å². The summed E-state index contributed by atoms with van der Waals surface area (Å²) in [6, 6.07) is 10.6. The van der Waals surface area contributed by atoms with Gasteiger partial charge in [-0.15, -0.1) is 0 Å². The Hall–Kier alpha value is -1.46. The summed E-state index contributed by atoms with van der Waals surface area (Å²) in [7, 11) is 0. The van der Waals surface area contributed by atoms with E-state index in [4.69, 9.17) is 0 Å². The average molecular weight is 342 g/mol. The maximum atomic E-state index is 13.7. The van der Waals surface area contributed by atoms with Crippen LogP contribution in [0, 0.1) is 11.6 Å². The van der Waals surface area contributed by atoms with E-state index in [1.807, 2.05) is 0 Å². The number of hydrogen-bond acceptors (Lipinski definition) is 2. The third-order valence-corrected chi connectivity index (χ3v) is 3.77. The van der Waals surface area contributed by atoms with E-state index in [1.165, 1.54) is 12.1 Å². The zero-order valence-corrected chi connectivity index (χ0v) is 12.4. The lowest BCUT2D eigenvalue weighted by Gasteiger charge is -2.31. The molecule has 2 nitrogen and oxygen atoms in total. The van der Waals surface area contributed by atoms with Gasteiger partial charge >= 0.3 is 0 Å². The summed E-state index contributed by atoms with van der Waals surface area (Å²) in [6.45, 7) is 1.46. The lowest BCUT2D eigenvalue weighted by Crippen LogP contribution is -2.36. The lowest BCUT2D eigenvalue weighted by atomic mass is 9.92. The fourth-order valence-electron chi connectivity index (χ4n) is 1.90. The minimum Gasteiger partial charge on any atom is -0.394 e. The van der Waals surface area contributed by atoms with Crippen molar-refractivity contribution in [2.45, 2.75) is 12.5 Å². The van der Waals surface area contributed by atoms with Crippen LogP contribution >= 0.6 is 15.9 Å². The quantitative estimate of drug-likeness (QED) is 0.879. The van der Waals surface area contributed by atoms with Crippen LogP contribution in [0.3, 0.4) is 0 Å². The summed E-state index contributed by atoms with van der Waals surface area (Å²) in [4.78, 5) is 0. The number of halogens is 3. The van der Waals surface area contributed by atoms with Gasteiger partial charge in [0.2, 0.25) is 0 Å². The molecule has 0 spiro atoms. The van der Waals surface area contributed by atoms with Crippen molar-refractivity contribution in [1.29, 1.82) is 0 Å². The van der Waals surface area contributed by atoms with Gasteiger partial charge in [-0.3, -0.25) is 0 Å². The van der Waals surface area contributed by atoms with E-state index < -0.39 is 11.4 Å². The van der Waals surface area contributed by atoms with Gasteiger partial charge < -0.3 is 10.4 Å². The lowest BCUT2D eigenvalue weighted by molar-refractivity contribution is 0.223. The van der Waals surface area contributed by atoms with Gasteiger partial charge in [-0.25, -0.2) is 8.78 Å². The monoisotopic (exact) mass is 341 g/mol. The third kappa shape index (κ3) is 2.99. The summed E-state index contributed by atoms with van der Waals surface area (Å²) in [5.74, 6) is -0.798. The summed E-state index contributed by atoms with van der Waals surface area (Å²) in [5.41, 5.74) is 0.0133. The SMILES string of the molecule is CC(CO)(Nc1ccccc1F)c1ccc(F)c(Br)c1. The molecular formula is C15H14BrF2NO. The largest absolute Gasteiger partial charge is 0.394 e. The Morgan fingerprint density at radius 3 is 2.45 bits per heavy atom. The van der Waals surface area contributed by atoms with Crippen LogP contribution in [-0.2, 0) is 5.54 Å². The van der Waals surface area contributed by atoms with Crippen molar-refractivity contribution in [2.75, 3.05) is 11.9 Å². The minimum absolute atomic E-state index is 0.264. The van der Waals surface area contributed by atoms with Crippen LogP contribution in [0.15, 0.2) is 46.9 Å². The number of aliphatic hydroxyl groups excluding tert-OH is 1. The number of nitrogens with one attached hydrogen (secondary N) is 1. The van der Waals surface area contributed by atoms with Crippen LogP contribution in [-0.4, -0.2) is 11.7 Å². The van der Waals surface area contributed by atoms with Crippen LogP contribution < -0.4 is 5.32 Å². The Morgan fingerprint density at radius 1 is 1.15 bits per heavy atom. The van der Waals surface area contributed by atoms with E-state index in [-0.39, 0.29) is 18.1 Å².